The summed E-state index contributed by atoms with van der Waals surface area (Å²) >= 11 is 1.26. The van der Waals surface area contributed by atoms with E-state index in [1.54, 1.807) is 18.2 Å². The molecule has 0 fully saturated rings. The first-order valence-corrected chi connectivity index (χ1v) is 7.89. The number of Topliss-reactive ketones (excluding diaryl/α,β-unsaturated/α-hetero) is 1. The molecule has 7 nitrogen and oxygen atoms in total. The normalized spacial score (nSPS) is 17.0. The van der Waals surface area contributed by atoms with E-state index in [0.717, 1.165) is 4.90 Å². The number of fused-ring (bicyclic) bond motifs is 1. The number of para-hydroxylation sites is 1. The van der Waals surface area contributed by atoms with E-state index in [-0.39, 0.29) is 18.0 Å². The molecule has 1 aliphatic heterocycles. The van der Waals surface area contributed by atoms with Crippen LogP contribution in [0.1, 0.15) is 6.42 Å². The van der Waals surface area contributed by atoms with E-state index in [2.05, 4.69) is 11.9 Å². The number of amides is 1. The van der Waals surface area contributed by atoms with Crippen molar-refractivity contribution in [2.75, 3.05) is 11.9 Å². The highest BCUT2D eigenvalue weighted by atomic mass is 32.2. The van der Waals surface area contributed by atoms with Gasteiger partial charge in [-0.3, -0.25) is 14.4 Å². The Labute approximate surface area is 142 Å². The number of esters is 1. The molecular formula is C16H15N3O4S. The number of nitrogens with one attached hydrogen (secondary N) is 1. The summed E-state index contributed by atoms with van der Waals surface area (Å²) in [6.07, 6.45) is -0.182. The Bertz CT molecular complexity index is 741. The first-order valence-electron chi connectivity index (χ1n) is 7.01. The summed E-state index contributed by atoms with van der Waals surface area (Å²) in [5.74, 6) is -2.86. The number of hydrogen-bond donors (Lipinski definition) is 2. The molecule has 2 atom stereocenters. The fraction of sp³-hybridized carbons (Fsp3) is 0.250. The van der Waals surface area contributed by atoms with Crippen LogP contribution in [-0.2, 0) is 19.1 Å². The monoisotopic (exact) mass is 345 g/mol. The van der Waals surface area contributed by atoms with Gasteiger partial charge < -0.3 is 15.8 Å². The number of nitrogens with zero attached hydrogens (tertiary/aromatic N) is 1. The topological polar surface area (TPSA) is 122 Å². The zero-order valence-corrected chi connectivity index (χ0v) is 13.5. The van der Waals surface area contributed by atoms with Crippen LogP contribution in [0.15, 0.2) is 41.4 Å². The number of carbonyl (C=O) groups excluding carboxylic acids is 3. The molecule has 0 radical (unpaired) electrons. The van der Waals surface area contributed by atoms with Crippen LogP contribution in [0.2, 0.25) is 0 Å². The zero-order chi connectivity index (χ0) is 17.7. The number of rotatable bonds is 6. The van der Waals surface area contributed by atoms with E-state index in [4.69, 9.17) is 15.7 Å². The summed E-state index contributed by atoms with van der Waals surface area (Å²) in [5.41, 5.74) is 5.93. The molecule has 24 heavy (non-hydrogen) atoms. The molecule has 0 aliphatic carbocycles. The number of nitrogens with two attached hydrogens (primary N) is 1. The molecule has 0 bridgehead atoms. The van der Waals surface area contributed by atoms with Crippen molar-refractivity contribution in [1.82, 2.24) is 0 Å². The number of hydrogen-bond acceptors (Lipinski definition) is 7. The summed E-state index contributed by atoms with van der Waals surface area (Å²) in [7, 11) is 0. The average Bonchev–Trinajstić information content (AvgIpc) is 2.54. The second-order valence-electron chi connectivity index (χ2n) is 5.06. The van der Waals surface area contributed by atoms with Crippen LogP contribution in [0, 0.1) is 17.2 Å². The Kier molecular flexibility index (Phi) is 5.60. The zero-order valence-electron chi connectivity index (χ0n) is 12.7. The maximum absolute atomic E-state index is 12.0. The van der Waals surface area contributed by atoms with Crippen LogP contribution < -0.4 is 11.1 Å². The van der Waals surface area contributed by atoms with Gasteiger partial charge in [-0.15, -0.1) is 11.8 Å². The first-order chi connectivity index (χ1) is 11.4. The predicted molar refractivity (Wildman–Crippen MR) is 87.7 cm³/mol. The van der Waals surface area contributed by atoms with Gasteiger partial charge in [0.1, 0.15) is 5.92 Å². The maximum Gasteiger partial charge on any atom is 0.307 e. The lowest BCUT2D eigenvalue weighted by molar-refractivity contribution is -0.148. The number of anilines is 1. The minimum Gasteiger partial charge on any atom is -0.458 e. The molecule has 1 aromatic carbocycles. The van der Waals surface area contributed by atoms with E-state index in [9.17, 15) is 14.4 Å². The molecule has 0 aromatic heterocycles. The molecular weight excluding hydrogens is 330 g/mol. The Hall–Kier alpha value is -2.79. The van der Waals surface area contributed by atoms with E-state index in [0.29, 0.717) is 5.69 Å². The number of ether oxygens (including phenoxy) is 1. The smallest absolute Gasteiger partial charge is 0.307 e. The third kappa shape index (κ3) is 4.14. The van der Waals surface area contributed by atoms with Crippen molar-refractivity contribution >= 4 is 35.1 Å². The lowest BCUT2D eigenvalue weighted by Crippen LogP contribution is -2.32. The van der Waals surface area contributed by atoms with Crippen molar-refractivity contribution < 1.29 is 19.1 Å². The number of thioether (sulfide) groups is 1. The minimum absolute atomic E-state index is 0.0997. The van der Waals surface area contributed by atoms with Gasteiger partial charge in [-0.05, 0) is 12.1 Å². The van der Waals surface area contributed by atoms with Crippen molar-refractivity contribution in [1.29, 1.82) is 5.26 Å². The number of nitriles is 1. The molecule has 0 saturated heterocycles. The second kappa shape index (κ2) is 7.66. The van der Waals surface area contributed by atoms with Gasteiger partial charge in [-0.2, -0.15) is 5.26 Å². The molecule has 2 rings (SSSR count). The maximum atomic E-state index is 12.0. The van der Waals surface area contributed by atoms with Gasteiger partial charge >= 0.3 is 5.97 Å². The highest BCUT2D eigenvalue weighted by Gasteiger charge is 2.30. The summed E-state index contributed by atoms with van der Waals surface area (Å²) in [5, 5.41) is 10.9. The van der Waals surface area contributed by atoms with Gasteiger partial charge in [0, 0.05) is 10.6 Å². The molecule has 1 aromatic rings. The fourth-order valence-electron chi connectivity index (χ4n) is 2.03. The summed E-state index contributed by atoms with van der Waals surface area (Å²) in [6.45, 7) is 2.76. The van der Waals surface area contributed by atoms with Gasteiger partial charge in [0.25, 0.3) is 0 Å². The van der Waals surface area contributed by atoms with Crippen LogP contribution in [0.25, 0.3) is 0 Å². The van der Waals surface area contributed by atoms with Gasteiger partial charge in [0.15, 0.2) is 12.4 Å². The van der Waals surface area contributed by atoms with E-state index in [1.165, 1.54) is 11.8 Å². The van der Waals surface area contributed by atoms with Crippen LogP contribution in [0.5, 0.6) is 0 Å². The van der Waals surface area contributed by atoms with Crippen molar-refractivity contribution in [3.05, 3.63) is 36.5 Å². The standard InChI is InChI=1S/C16H15N3O4S/c1-9(18)10(7-17)12(20)8-23-15(21)6-14-16(22)19-11-4-2-3-5-13(11)24-14/h2-5,10,14H,1,6,8,18H2,(H,19,22)/t10-,14-/m0/s1. The SMILES string of the molecule is C=C(N)[C@H](C#N)C(=O)COC(=O)C[C@@H]1Sc2ccccc2NC1=O. The summed E-state index contributed by atoms with van der Waals surface area (Å²) < 4.78 is 4.85. The third-order valence-electron chi connectivity index (χ3n) is 3.26. The lowest BCUT2D eigenvalue weighted by Gasteiger charge is -2.23. The van der Waals surface area contributed by atoms with Crippen LogP contribution in [0.3, 0.4) is 0 Å². The highest BCUT2D eigenvalue weighted by molar-refractivity contribution is 8.01. The van der Waals surface area contributed by atoms with Crippen molar-refractivity contribution in [3.8, 4) is 6.07 Å². The molecule has 8 heteroatoms. The number of carbonyl (C=O) groups is 3. The Morgan fingerprint density at radius 2 is 2.17 bits per heavy atom. The largest absolute Gasteiger partial charge is 0.458 e. The fourth-order valence-corrected chi connectivity index (χ4v) is 3.13. The van der Waals surface area contributed by atoms with E-state index in [1.807, 2.05) is 12.1 Å². The quantitative estimate of drug-likeness (QED) is 0.743. The van der Waals surface area contributed by atoms with Crippen molar-refractivity contribution in [2.24, 2.45) is 11.7 Å². The molecule has 0 unspecified atom stereocenters. The average molecular weight is 345 g/mol. The molecule has 0 saturated carbocycles. The Morgan fingerprint density at radius 1 is 1.46 bits per heavy atom. The molecule has 1 amide bonds. The third-order valence-corrected chi connectivity index (χ3v) is 4.53. The Morgan fingerprint density at radius 3 is 2.83 bits per heavy atom. The van der Waals surface area contributed by atoms with E-state index < -0.39 is 29.5 Å². The van der Waals surface area contributed by atoms with E-state index >= 15 is 0 Å². The second-order valence-corrected chi connectivity index (χ2v) is 6.30. The number of ketones is 1. The van der Waals surface area contributed by atoms with Crippen molar-refractivity contribution in [3.63, 3.8) is 0 Å². The molecule has 1 aliphatic rings. The summed E-state index contributed by atoms with van der Waals surface area (Å²) in [6, 6.07) is 8.94. The van der Waals surface area contributed by atoms with Crippen molar-refractivity contribution in [2.45, 2.75) is 16.6 Å². The first kappa shape index (κ1) is 17.6. The molecule has 0 spiro atoms. The molecule has 3 N–H and O–H groups in total. The van der Waals surface area contributed by atoms with Crippen LogP contribution in [-0.4, -0.2) is 29.5 Å². The Balaban J connectivity index is 1.89. The van der Waals surface area contributed by atoms with Gasteiger partial charge in [0.2, 0.25) is 5.91 Å². The van der Waals surface area contributed by atoms with Gasteiger partial charge in [-0.1, -0.05) is 18.7 Å². The minimum atomic E-state index is -1.21. The summed E-state index contributed by atoms with van der Waals surface area (Å²) in [4.78, 5) is 36.4. The molecule has 1 heterocycles. The molecule has 124 valence electrons. The number of benzene rings is 1. The van der Waals surface area contributed by atoms with Gasteiger partial charge in [-0.25, -0.2) is 0 Å². The highest BCUT2D eigenvalue weighted by Crippen LogP contribution is 2.36. The number of allylic oxidation sites excluding steroid dienone is 1. The van der Waals surface area contributed by atoms with Gasteiger partial charge in [0.05, 0.1) is 23.4 Å². The lowest BCUT2D eigenvalue weighted by atomic mass is 10.0. The van der Waals surface area contributed by atoms with Crippen LogP contribution in [0.4, 0.5) is 5.69 Å². The predicted octanol–water partition coefficient (Wildman–Crippen LogP) is 1.21. The van der Waals surface area contributed by atoms with Crippen LogP contribution >= 0.6 is 11.8 Å².